The summed E-state index contributed by atoms with van der Waals surface area (Å²) in [5.74, 6) is 0.352. The summed E-state index contributed by atoms with van der Waals surface area (Å²) in [6, 6.07) is 4.45. The lowest BCUT2D eigenvalue weighted by Crippen LogP contribution is -2.53. The molecule has 2 amide bonds. The lowest BCUT2D eigenvalue weighted by atomic mass is 10.2. The second-order valence-corrected chi connectivity index (χ2v) is 8.34. The average Bonchev–Trinajstić information content (AvgIpc) is 3.43. The van der Waals surface area contributed by atoms with Crippen molar-refractivity contribution >= 4 is 23.2 Å². The van der Waals surface area contributed by atoms with Crippen LogP contribution in [0, 0.1) is 0 Å². The summed E-state index contributed by atoms with van der Waals surface area (Å²) in [5, 5.41) is 2.08. The smallest absolute Gasteiger partial charge is 0.251 e. The Balaban J connectivity index is 1.27. The van der Waals surface area contributed by atoms with Crippen LogP contribution < -0.4 is 0 Å². The Morgan fingerprint density at radius 3 is 2.65 bits per heavy atom. The lowest BCUT2D eigenvalue weighted by molar-refractivity contribution is -0.143. The second-order valence-electron chi connectivity index (χ2n) is 7.36. The first-order valence-electron chi connectivity index (χ1n) is 9.68. The van der Waals surface area contributed by atoms with Crippen LogP contribution in [0.5, 0.6) is 0 Å². The van der Waals surface area contributed by atoms with E-state index in [0.717, 1.165) is 45.3 Å². The number of rotatable bonds is 4. The summed E-state index contributed by atoms with van der Waals surface area (Å²) in [6.07, 6.45) is 3.73. The lowest BCUT2D eigenvalue weighted by Gasteiger charge is -2.36. The third kappa shape index (κ3) is 3.80. The number of amides is 2. The molecule has 2 atom stereocenters. The van der Waals surface area contributed by atoms with Gasteiger partial charge in [0.25, 0.3) is 5.91 Å². The first-order chi connectivity index (χ1) is 12.7. The Morgan fingerprint density at radius 2 is 1.96 bits per heavy atom. The van der Waals surface area contributed by atoms with E-state index in [1.54, 1.807) is 11.3 Å². The van der Waals surface area contributed by atoms with Crippen molar-refractivity contribution in [2.24, 2.45) is 0 Å². The maximum atomic E-state index is 12.8. The summed E-state index contributed by atoms with van der Waals surface area (Å²) in [7, 11) is 0. The summed E-state index contributed by atoms with van der Waals surface area (Å²) in [4.78, 5) is 32.7. The molecule has 3 saturated heterocycles. The molecule has 3 aliphatic rings. The highest BCUT2D eigenvalue weighted by molar-refractivity contribution is 7.10. The molecule has 0 saturated carbocycles. The Hall–Kier alpha value is -1.44. The summed E-state index contributed by atoms with van der Waals surface area (Å²) >= 11 is 1.74. The molecule has 0 radical (unpaired) electrons. The van der Waals surface area contributed by atoms with E-state index in [1.165, 1.54) is 4.88 Å². The highest BCUT2D eigenvalue weighted by Gasteiger charge is 2.33. The molecule has 26 heavy (non-hydrogen) atoms. The van der Waals surface area contributed by atoms with Crippen LogP contribution in [-0.4, -0.2) is 78.5 Å². The van der Waals surface area contributed by atoms with Gasteiger partial charge in [0.15, 0.2) is 0 Å². The molecule has 4 heterocycles. The Kier molecular flexibility index (Phi) is 5.57. The van der Waals surface area contributed by atoms with Gasteiger partial charge in [0.1, 0.15) is 6.10 Å². The summed E-state index contributed by atoms with van der Waals surface area (Å²) in [5.41, 5.74) is 0. The summed E-state index contributed by atoms with van der Waals surface area (Å²) < 4.78 is 5.51. The van der Waals surface area contributed by atoms with Crippen molar-refractivity contribution in [2.45, 2.75) is 37.8 Å². The fourth-order valence-electron chi connectivity index (χ4n) is 4.23. The minimum atomic E-state index is -0.237. The minimum Gasteiger partial charge on any atom is -0.368 e. The monoisotopic (exact) mass is 377 g/mol. The molecular formula is C19H27N3O3S. The molecule has 1 aromatic rings. The van der Waals surface area contributed by atoms with Crippen molar-refractivity contribution in [1.82, 2.24) is 14.7 Å². The molecule has 0 aromatic carbocycles. The molecule has 3 fully saturated rings. The zero-order valence-corrected chi connectivity index (χ0v) is 16.0. The highest BCUT2D eigenvalue weighted by Crippen LogP contribution is 2.34. The van der Waals surface area contributed by atoms with Crippen molar-refractivity contribution in [2.75, 3.05) is 45.9 Å². The number of piperazine rings is 1. The molecule has 3 aliphatic heterocycles. The number of thiophene rings is 1. The standard InChI is InChI=1S/C19H27N3O3S/c23-18(22-7-1-4-15(22)17-6-3-13-26-17)14-20-8-10-21(11-9-20)19(24)16-5-2-12-25-16/h3,6,13,15-16H,1-2,4-5,7-12,14H2/t15-,16+/m1/s1. The van der Waals surface area contributed by atoms with Gasteiger partial charge in [-0.1, -0.05) is 6.07 Å². The second kappa shape index (κ2) is 8.06. The fraction of sp³-hybridized carbons (Fsp3) is 0.684. The van der Waals surface area contributed by atoms with E-state index in [0.29, 0.717) is 26.2 Å². The highest BCUT2D eigenvalue weighted by atomic mass is 32.1. The number of hydrogen-bond donors (Lipinski definition) is 0. The van der Waals surface area contributed by atoms with Gasteiger partial charge in [-0.2, -0.15) is 0 Å². The van der Waals surface area contributed by atoms with E-state index in [1.807, 2.05) is 4.90 Å². The molecular weight excluding hydrogens is 350 g/mol. The van der Waals surface area contributed by atoms with Gasteiger partial charge in [0.2, 0.25) is 5.91 Å². The molecule has 0 unspecified atom stereocenters. The Labute approximate surface area is 158 Å². The predicted octanol–water partition coefficient (Wildman–Crippen LogP) is 1.73. The van der Waals surface area contributed by atoms with Crippen molar-refractivity contribution in [3.05, 3.63) is 22.4 Å². The number of likely N-dealkylation sites (tertiary alicyclic amines) is 1. The zero-order chi connectivity index (χ0) is 17.9. The van der Waals surface area contributed by atoms with Gasteiger partial charge in [0.05, 0.1) is 12.6 Å². The molecule has 6 nitrogen and oxygen atoms in total. The molecule has 1 aromatic heterocycles. The zero-order valence-electron chi connectivity index (χ0n) is 15.1. The van der Waals surface area contributed by atoms with Gasteiger partial charge >= 0.3 is 0 Å². The van der Waals surface area contributed by atoms with Crippen molar-refractivity contribution < 1.29 is 14.3 Å². The van der Waals surface area contributed by atoms with Crippen LogP contribution in [0.1, 0.15) is 36.6 Å². The Bertz CT molecular complexity index is 622. The molecule has 0 aliphatic carbocycles. The molecule has 0 spiro atoms. The Morgan fingerprint density at radius 1 is 1.12 bits per heavy atom. The van der Waals surface area contributed by atoms with Gasteiger partial charge in [-0.05, 0) is 37.1 Å². The van der Waals surface area contributed by atoms with Gasteiger partial charge < -0.3 is 14.5 Å². The van der Waals surface area contributed by atoms with Crippen LogP contribution in [0.15, 0.2) is 17.5 Å². The quantitative estimate of drug-likeness (QED) is 0.802. The maximum Gasteiger partial charge on any atom is 0.251 e. The van der Waals surface area contributed by atoms with Crippen LogP contribution in [0.3, 0.4) is 0 Å². The molecule has 0 bridgehead atoms. The van der Waals surface area contributed by atoms with Crippen LogP contribution in [0.4, 0.5) is 0 Å². The topological polar surface area (TPSA) is 53.1 Å². The van der Waals surface area contributed by atoms with Gasteiger partial charge in [0, 0.05) is 44.2 Å². The predicted molar refractivity (Wildman–Crippen MR) is 100 cm³/mol. The largest absolute Gasteiger partial charge is 0.368 e. The third-order valence-electron chi connectivity index (χ3n) is 5.69. The van der Waals surface area contributed by atoms with Crippen molar-refractivity contribution in [3.63, 3.8) is 0 Å². The van der Waals surface area contributed by atoms with E-state index in [4.69, 9.17) is 4.74 Å². The summed E-state index contributed by atoms with van der Waals surface area (Å²) in [6.45, 7) is 4.94. The van der Waals surface area contributed by atoms with Crippen LogP contribution in [-0.2, 0) is 14.3 Å². The normalized spacial score (nSPS) is 27.2. The van der Waals surface area contributed by atoms with Crippen LogP contribution in [0.2, 0.25) is 0 Å². The van der Waals surface area contributed by atoms with Crippen LogP contribution >= 0.6 is 11.3 Å². The molecule has 142 valence electrons. The number of ether oxygens (including phenoxy) is 1. The van der Waals surface area contributed by atoms with E-state index in [2.05, 4.69) is 27.3 Å². The van der Waals surface area contributed by atoms with E-state index in [-0.39, 0.29) is 24.0 Å². The first kappa shape index (κ1) is 17.9. The van der Waals surface area contributed by atoms with E-state index >= 15 is 0 Å². The SMILES string of the molecule is O=C([C@@H]1CCCO1)N1CCN(CC(=O)N2CCC[C@@H]2c2cccs2)CC1. The van der Waals surface area contributed by atoms with Gasteiger partial charge in [-0.3, -0.25) is 14.5 Å². The minimum absolute atomic E-state index is 0.130. The van der Waals surface area contributed by atoms with Crippen LogP contribution in [0.25, 0.3) is 0 Å². The number of nitrogens with zero attached hydrogens (tertiary/aromatic N) is 3. The molecule has 0 N–H and O–H groups in total. The van der Waals surface area contributed by atoms with Crippen molar-refractivity contribution in [1.29, 1.82) is 0 Å². The molecule has 7 heteroatoms. The number of carbonyl (C=O) groups is 2. The molecule has 4 rings (SSSR count). The van der Waals surface area contributed by atoms with Crippen molar-refractivity contribution in [3.8, 4) is 0 Å². The van der Waals surface area contributed by atoms with Gasteiger partial charge in [-0.25, -0.2) is 0 Å². The van der Waals surface area contributed by atoms with Gasteiger partial charge in [-0.15, -0.1) is 11.3 Å². The average molecular weight is 378 g/mol. The van der Waals surface area contributed by atoms with E-state index < -0.39 is 0 Å². The number of carbonyl (C=O) groups excluding carboxylic acids is 2. The third-order valence-corrected chi connectivity index (χ3v) is 6.67. The first-order valence-corrected chi connectivity index (χ1v) is 10.6. The maximum absolute atomic E-state index is 12.8. The number of hydrogen-bond acceptors (Lipinski definition) is 5. The van der Waals surface area contributed by atoms with E-state index in [9.17, 15) is 9.59 Å². The fourth-order valence-corrected chi connectivity index (χ4v) is 5.10.